The molecule has 4 rings (SSSR count). The second kappa shape index (κ2) is 9.98. The minimum absolute atomic E-state index is 0.0136. The van der Waals surface area contributed by atoms with Crippen LogP contribution >= 0.6 is 0 Å². The first-order valence-corrected chi connectivity index (χ1v) is 11.2. The molecule has 4 aromatic rings. The zero-order valence-corrected chi connectivity index (χ0v) is 19.9. The van der Waals surface area contributed by atoms with Gasteiger partial charge in [0.1, 0.15) is 5.82 Å². The lowest BCUT2D eigenvalue weighted by molar-refractivity contribution is 0.100. The average Bonchev–Trinajstić information content (AvgIpc) is 3.17. The Hall–Kier alpha value is -4.18. The molecule has 0 radical (unpaired) electrons. The number of anilines is 4. The Morgan fingerprint density at radius 3 is 2.54 bits per heavy atom. The monoisotopic (exact) mass is 476 g/mol. The maximum Gasteiger partial charge on any atom is 0.252 e. The van der Waals surface area contributed by atoms with E-state index in [0.717, 1.165) is 28.4 Å². The number of halogens is 1. The molecule has 1 amide bonds. The molecule has 0 aliphatic rings. The summed E-state index contributed by atoms with van der Waals surface area (Å²) in [7, 11) is 5.70. The van der Waals surface area contributed by atoms with Crippen molar-refractivity contribution in [1.82, 2.24) is 14.8 Å². The number of primary amides is 1. The van der Waals surface area contributed by atoms with Crippen LogP contribution in [0.2, 0.25) is 0 Å². The summed E-state index contributed by atoms with van der Waals surface area (Å²) in [5, 5.41) is 11.6. The van der Waals surface area contributed by atoms with Crippen molar-refractivity contribution in [2.24, 2.45) is 18.5 Å². The van der Waals surface area contributed by atoms with Gasteiger partial charge in [-0.3, -0.25) is 9.48 Å². The number of hydrogen-bond acceptors (Lipinski definition) is 7. The Bertz CT molecular complexity index is 1350. The molecule has 0 bridgehead atoms. The molecular weight excluding hydrogens is 447 g/mol. The van der Waals surface area contributed by atoms with Crippen molar-refractivity contribution in [1.29, 1.82) is 0 Å². The molecule has 0 saturated heterocycles. The number of fused-ring (bicyclic) bond motifs is 1. The zero-order chi connectivity index (χ0) is 25.1. The molecule has 0 fully saturated rings. The lowest BCUT2D eigenvalue weighted by atomic mass is 10.1. The highest BCUT2D eigenvalue weighted by Crippen LogP contribution is 2.30. The Kier molecular flexibility index (Phi) is 6.83. The fourth-order valence-corrected chi connectivity index (χ4v) is 3.95. The molecule has 0 aliphatic heterocycles. The minimum atomic E-state index is -0.790. The first kappa shape index (κ1) is 24.0. The van der Waals surface area contributed by atoms with E-state index >= 15 is 0 Å². The third-order valence-electron chi connectivity index (χ3n) is 5.71. The van der Waals surface area contributed by atoms with Gasteiger partial charge in [-0.15, -0.1) is 0 Å². The van der Waals surface area contributed by atoms with Crippen molar-refractivity contribution in [2.75, 3.05) is 36.2 Å². The summed E-state index contributed by atoms with van der Waals surface area (Å²) in [6.07, 6.45) is 0.587. The summed E-state index contributed by atoms with van der Waals surface area (Å²) < 4.78 is 16.7. The van der Waals surface area contributed by atoms with E-state index in [1.54, 1.807) is 4.68 Å². The van der Waals surface area contributed by atoms with Crippen molar-refractivity contribution >= 4 is 40.0 Å². The van der Waals surface area contributed by atoms with Crippen LogP contribution in [0.3, 0.4) is 0 Å². The summed E-state index contributed by atoms with van der Waals surface area (Å²) in [5.74, 6) is -0.552. The maximum absolute atomic E-state index is 14.9. The van der Waals surface area contributed by atoms with Gasteiger partial charge >= 0.3 is 0 Å². The molecule has 1 unspecified atom stereocenters. The summed E-state index contributed by atoms with van der Waals surface area (Å²) in [6, 6.07) is 16.2. The van der Waals surface area contributed by atoms with Crippen molar-refractivity contribution < 1.29 is 9.18 Å². The Labute approximate surface area is 202 Å². The van der Waals surface area contributed by atoms with Crippen LogP contribution in [0.5, 0.6) is 0 Å². The quantitative estimate of drug-likeness (QED) is 0.292. The second-order valence-corrected chi connectivity index (χ2v) is 8.54. The van der Waals surface area contributed by atoms with Gasteiger partial charge in [0.05, 0.1) is 11.1 Å². The van der Waals surface area contributed by atoms with E-state index < -0.39 is 11.7 Å². The number of nitrogens with zero attached hydrogens (tertiary/aromatic N) is 4. The maximum atomic E-state index is 14.9. The number of pyridine rings is 1. The third kappa shape index (κ3) is 5.17. The molecule has 6 N–H and O–H groups in total. The van der Waals surface area contributed by atoms with E-state index in [4.69, 9.17) is 11.5 Å². The van der Waals surface area contributed by atoms with Crippen LogP contribution in [0.15, 0.2) is 54.6 Å². The van der Waals surface area contributed by atoms with Gasteiger partial charge in [-0.1, -0.05) is 30.3 Å². The van der Waals surface area contributed by atoms with Crippen LogP contribution in [0.1, 0.15) is 15.9 Å². The van der Waals surface area contributed by atoms with Gasteiger partial charge in [-0.2, -0.15) is 5.10 Å². The lowest BCUT2D eigenvalue weighted by Gasteiger charge is -2.19. The molecule has 182 valence electrons. The number of rotatable bonds is 9. The highest BCUT2D eigenvalue weighted by Gasteiger charge is 2.19. The van der Waals surface area contributed by atoms with Crippen LogP contribution in [0, 0.1) is 5.82 Å². The van der Waals surface area contributed by atoms with E-state index in [1.807, 2.05) is 74.6 Å². The molecule has 0 spiro atoms. The summed E-state index contributed by atoms with van der Waals surface area (Å²) in [4.78, 5) is 18.4. The van der Waals surface area contributed by atoms with Crippen molar-refractivity contribution in [3.63, 3.8) is 0 Å². The van der Waals surface area contributed by atoms with Crippen LogP contribution in [0.25, 0.3) is 10.9 Å². The molecule has 0 aliphatic carbocycles. The highest BCUT2D eigenvalue weighted by atomic mass is 19.1. The molecular formula is C25H29FN8O. The number of aromatic nitrogens is 3. The number of carbonyl (C=O) groups excluding carboxylic acids is 1. The number of aryl methyl sites for hydroxylation is 1. The fraction of sp³-hybridized carbons (Fsp3) is 0.240. The standard InChI is InChI=1S/C25H29FN8O/c1-33(2)25-18-12-16(9-10-21(18)34(3)32-25)29-23-19(22(28)35)13-20(26)24(31-23)30-17(14-27)11-15-7-5-4-6-8-15/h4-10,12-13,17H,11,14,27H2,1-3H3,(H2,28,35)(H2,29,30,31). The van der Waals surface area contributed by atoms with Crippen molar-refractivity contribution in [2.45, 2.75) is 12.5 Å². The summed E-state index contributed by atoms with van der Waals surface area (Å²) >= 11 is 0. The molecule has 9 nitrogen and oxygen atoms in total. The van der Waals surface area contributed by atoms with Gasteiger partial charge in [0.15, 0.2) is 17.5 Å². The smallest absolute Gasteiger partial charge is 0.252 e. The molecule has 2 aromatic carbocycles. The van der Waals surface area contributed by atoms with E-state index in [0.29, 0.717) is 12.1 Å². The van der Waals surface area contributed by atoms with E-state index in [1.165, 1.54) is 0 Å². The third-order valence-corrected chi connectivity index (χ3v) is 5.71. The molecule has 2 aromatic heterocycles. The van der Waals surface area contributed by atoms with Gasteiger partial charge in [0, 0.05) is 44.8 Å². The second-order valence-electron chi connectivity index (χ2n) is 8.54. The number of amides is 1. The van der Waals surface area contributed by atoms with Crippen LogP contribution in [0.4, 0.5) is 27.5 Å². The Balaban J connectivity index is 1.67. The Morgan fingerprint density at radius 1 is 1.14 bits per heavy atom. The zero-order valence-electron chi connectivity index (χ0n) is 19.9. The van der Waals surface area contributed by atoms with Crippen molar-refractivity contribution in [3.05, 3.63) is 71.5 Å². The fourth-order valence-electron chi connectivity index (χ4n) is 3.95. The normalized spacial score (nSPS) is 11.9. The van der Waals surface area contributed by atoms with Crippen LogP contribution < -0.4 is 27.0 Å². The minimum Gasteiger partial charge on any atom is -0.365 e. The van der Waals surface area contributed by atoms with Gasteiger partial charge in [0.25, 0.3) is 5.91 Å². The lowest BCUT2D eigenvalue weighted by Crippen LogP contribution is -2.32. The first-order chi connectivity index (χ1) is 16.8. The molecule has 0 saturated carbocycles. The van der Waals surface area contributed by atoms with E-state index in [9.17, 15) is 9.18 Å². The average molecular weight is 477 g/mol. The number of carbonyl (C=O) groups is 1. The molecule has 35 heavy (non-hydrogen) atoms. The van der Waals surface area contributed by atoms with Crippen LogP contribution in [-0.2, 0) is 13.5 Å². The van der Waals surface area contributed by atoms with Gasteiger partial charge in [0.2, 0.25) is 0 Å². The number of nitrogens with one attached hydrogen (secondary N) is 2. The van der Waals surface area contributed by atoms with Gasteiger partial charge in [-0.25, -0.2) is 9.37 Å². The Morgan fingerprint density at radius 2 is 1.89 bits per heavy atom. The van der Waals surface area contributed by atoms with Gasteiger partial charge in [-0.05, 0) is 36.2 Å². The summed E-state index contributed by atoms with van der Waals surface area (Å²) in [5.41, 5.74) is 14.1. The van der Waals surface area contributed by atoms with Crippen LogP contribution in [-0.4, -0.2) is 47.4 Å². The van der Waals surface area contributed by atoms with Crippen molar-refractivity contribution in [3.8, 4) is 0 Å². The first-order valence-electron chi connectivity index (χ1n) is 11.2. The van der Waals surface area contributed by atoms with E-state index in [-0.39, 0.29) is 29.8 Å². The number of benzene rings is 2. The highest BCUT2D eigenvalue weighted by molar-refractivity contribution is 5.99. The summed E-state index contributed by atoms with van der Waals surface area (Å²) in [6.45, 7) is 0.265. The largest absolute Gasteiger partial charge is 0.365 e. The topological polar surface area (TPSA) is 127 Å². The van der Waals surface area contributed by atoms with E-state index in [2.05, 4.69) is 20.7 Å². The van der Waals surface area contributed by atoms with Gasteiger partial charge < -0.3 is 27.0 Å². The number of nitrogens with two attached hydrogens (primary N) is 2. The molecule has 2 heterocycles. The molecule has 1 atom stereocenters. The predicted molar refractivity (Wildman–Crippen MR) is 138 cm³/mol. The predicted octanol–water partition coefficient (Wildman–Crippen LogP) is 3.00. The molecule has 10 heteroatoms. The SMILES string of the molecule is CN(C)c1nn(C)c2ccc(Nc3nc(NC(CN)Cc4ccccc4)c(F)cc3C(N)=O)cc12. The number of hydrogen-bond donors (Lipinski definition) is 4.